The first kappa shape index (κ1) is 26.9. The van der Waals surface area contributed by atoms with Crippen molar-refractivity contribution in [2.45, 2.75) is 103 Å². The molecule has 37 heavy (non-hydrogen) atoms. The Bertz CT molecular complexity index is 1210. The van der Waals surface area contributed by atoms with E-state index in [0.29, 0.717) is 29.4 Å². The Hall–Kier alpha value is -3.18. The average Bonchev–Trinajstić information content (AvgIpc) is 2.93. The van der Waals surface area contributed by atoms with Gasteiger partial charge in [0.2, 0.25) is 0 Å². The van der Waals surface area contributed by atoms with Crippen molar-refractivity contribution in [1.82, 2.24) is 0 Å². The van der Waals surface area contributed by atoms with Crippen LogP contribution >= 0.6 is 0 Å². The van der Waals surface area contributed by atoms with Gasteiger partial charge in [0.1, 0.15) is 12.1 Å². The second kappa shape index (κ2) is 11.5. The van der Waals surface area contributed by atoms with Gasteiger partial charge in [0.05, 0.1) is 11.1 Å². The maximum Gasteiger partial charge on any atom is 0.310 e. The minimum absolute atomic E-state index is 0.0105. The molecule has 2 aromatic carbocycles. The predicted octanol–water partition coefficient (Wildman–Crippen LogP) is 7.84. The van der Waals surface area contributed by atoms with Crippen LogP contribution in [0, 0.1) is 33.9 Å². The van der Waals surface area contributed by atoms with Crippen molar-refractivity contribution in [3.63, 3.8) is 0 Å². The third kappa shape index (κ3) is 5.57. The van der Waals surface area contributed by atoms with Crippen molar-refractivity contribution in [2.75, 3.05) is 0 Å². The fourth-order valence-electron chi connectivity index (χ4n) is 6.59. The second-order valence-corrected chi connectivity index (χ2v) is 11.1. The van der Waals surface area contributed by atoms with Crippen molar-refractivity contribution in [1.29, 1.82) is 10.5 Å². The van der Waals surface area contributed by atoms with Gasteiger partial charge in [-0.2, -0.15) is 10.5 Å². The molecular weight excluding hydrogens is 463 g/mol. The molecule has 3 saturated carbocycles. The second-order valence-electron chi connectivity index (χ2n) is 11.1. The van der Waals surface area contributed by atoms with Crippen LogP contribution in [0.3, 0.4) is 0 Å². The Kier molecular flexibility index (Phi) is 8.33. The molecule has 0 spiro atoms. The van der Waals surface area contributed by atoms with Gasteiger partial charge in [-0.1, -0.05) is 51.3 Å². The summed E-state index contributed by atoms with van der Waals surface area (Å²) in [7, 11) is 0. The maximum absolute atomic E-state index is 14.4. The standard InChI is InChI=1S/C32H37FN2O2/c1-3-5-6-13-31-14-17-32(18-15-31,19-16-31)27-11-10-24(25(21-34)26(27)22-35)9-7-23-8-12-29(28(33)20-23)37-30(36)4-2/h8,10-12,20H,3-7,9,13-19H2,1-2H3. The number of benzene rings is 2. The highest BCUT2D eigenvalue weighted by molar-refractivity contribution is 5.72. The SMILES string of the molecule is CCCCCC12CCC(c3ccc(CCc4ccc(OC(=O)CC)c(F)c4)c(C#N)c3C#N)(CC1)CC2. The molecule has 194 valence electrons. The van der Waals surface area contributed by atoms with Crippen LogP contribution in [-0.4, -0.2) is 5.97 Å². The highest BCUT2D eigenvalue weighted by Crippen LogP contribution is 2.60. The van der Waals surface area contributed by atoms with E-state index in [9.17, 15) is 19.7 Å². The van der Waals surface area contributed by atoms with E-state index >= 15 is 0 Å². The zero-order valence-corrected chi connectivity index (χ0v) is 22.2. The van der Waals surface area contributed by atoms with E-state index in [1.165, 1.54) is 57.1 Å². The summed E-state index contributed by atoms with van der Waals surface area (Å²) in [6.45, 7) is 3.91. The monoisotopic (exact) mass is 500 g/mol. The van der Waals surface area contributed by atoms with Crippen molar-refractivity contribution in [3.8, 4) is 17.9 Å². The summed E-state index contributed by atoms with van der Waals surface area (Å²) in [5, 5.41) is 20.2. The van der Waals surface area contributed by atoms with Crippen molar-refractivity contribution in [3.05, 3.63) is 64.0 Å². The molecule has 0 atom stereocenters. The zero-order chi connectivity index (χ0) is 26.5. The average molecular weight is 501 g/mol. The fraction of sp³-hybridized carbons (Fsp3) is 0.531. The smallest absolute Gasteiger partial charge is 0.310 e. The summed E-state index contributed by atoms with van der Waals surface area (Å²) in [5.74, 6) is -1.13. The number of carbonyl (C=O) groups excluding carboxylic acids is 1. The van der Waals surface area contributed by atoms with Gasteiger partial charge in [0, 0.05) is 6.42 Å². The molecule has 0 N–H and O–H groups in total. The van der Waals surface area contributed by atoms with Gasteiger partial charge >= 0.3 is 5.97 Å². The molecule has 5 heteroatoms. The van der Waals surface area contributed by atoms with E-state index in [0.717, 1.165) is 36.0 Å². The predicted molar refractivity (Wildman–Crippen MR) is 142 cm³/mol. The number of carbonyl (C=O) groups is 1. The molecular formula is C32H37FN2O2. The molecule has 4 nitrogen and oxygen atoms in total. The number of nitrogens with zero attached hydrogens (tertiary/aromatic N) is 2. The molecule has 2 bridgehead atoms. The molecule has 0 aromatic heterocycles. The highest BCUT2D eigenvalue weighted by atomic mass is 19.1. The number of ether oxygens (including phenoxy) is 1. The molecule has 5 rings (SSSR count). The topological polar surface area (TPSA) is 73.9 Å². The molecule has 3 fully saturated rings. The number of hydrogen-bond acceptors (Lipinski definition) is 4. The van der Waals surface area contributed by atoms with Gasteiger partial charge in [-0.05, 0) is 97.4 Å². The van der Waals surface area contributed by atoms with E-state index in [2.05, 4.69) is 25.1 Å². The van der Waals surface area contributed by atoms with Crippen molar-refractivity contribution in [2.24, 2.45) is 5.41 Å². The molecule has 3 aliphatic rings. The lowest BCUT2D eigenvalue weighted by atomic mass is 9.50. The largest absolute Gasteiger partial charge is 0.423 e. The summed E-state index contributed by atoms with van der Waals surface area (Å²) in [5.41, 5.74) is 4.13. The summed E-state index contributed by atoms with van der Waals surface area (Å²) in [6.07, 6.45) is 13.4. The van der Waals surface area contributed by atoms with Crippen LogP contribution in [0.4, 0.5) is 4.39 Å². The minimum Gasteiger partial charge on any atom is -0.423 e. The van der Waals surface area contributed by atoms with Crippen LogP contribution in [-0.2, 0) is 23.1 Å². The number of unbranched alkanes of at least 4 members (excludes halogenated alkanes) is 2. The first-order chi connectivity index (χ1) is 17.9. The van der Waals surface area contributed by atoms with Crippen molar-refractivity contribution >= 4 is 5.97 Å². The van der Waals surface area contributed by atoms with Gasteiger partial charge < -0.3 is 4.74 Å². The first-order valence-electron chi connectivity index (χ1n) is 13.8. The summed E-state index contributed by atoms with van der Waals surface area (Å²) in [4.78, 5) is 11.5. The molecule has 0 unspecified atom stereocenters. The van der Waals surface area contributed by atoms with Crippen LogP contribution in [0.15, 0.2) is 30.3 Å². The Morgan fingerprint density at radius 1 is 0.946 bits per heavy atom. The van der Waals surface area contributed by atoms with Crippen LogP contribution in [0.1, 0.15) is 112 Å². The lowest BCUT2D eigenvalue weighted by molar-refractivity contribution is -0.134. The zero-order valence-electron chi connectivity index (χ0n) is 22.2. The maximum atomic E-state index is 14.4. The Morgan fingerprint density at radius 2 is 1.65 bits per heavy atom. The number of rotatable bonds is 10. The number of fused-ring (bicyclic) bond motifs is 3. The van der Waals surface area contributed by atoms with Gasteiger partial charge in [0.25, 0.3) is 0 Å². The fourth-order valence-corrected chi connectivity index (χ4v) is 6.59. The molecule has 0 amide bonds. The molecule has 3 aliphatic carbocycles. The lowest BCUT2D eigenvalue weighted by Crippen LogP contribution is -2.44. The summed E-state index contributed by atoms with van der Waals surface area (Å²) < 4.78 is 19.4. The van der Waals surface area contributed by atoms with Gasteiger partial charge in [-0.25, -0.2) is 4.39 Å². The summed E-state index contributed by atoms with van der Waals surface area (Å²) >= 11 is 0. The molecule has 0 radical (unpaired) electrons. The minimum atomic E-state index is -0.577. The van der Waals surface area contributed by atoms with Crippen LogP contribution in [0.25, 0.3) is 0 Å². The Labute approximate surface area is 220 Å². The van der Waals surface area contributed by atoms with E-state index in [1.807, 2.05) is 6.07 Å². The highest BCUT2D eigenvalue weighted by Gasteiger charge is 2.49. The number of halogens is 1. The Balaban J connectivity index is 1.51. The molecule has 0 aliphatic heterocycles. The number of hydrogen-bond donors (Lipinski definition) is 0. The normalized spacial score (nSPS) is 22.3. The van der Waals surface area contributed by atoms with E-state index in [1.54, 1.807) is 13.0 Å². The van der Waals surface area contributed by atoms with Crippen molar-refractivity contribution < 1.29 is 13.9 Å². The molecule has 0 saturated heterocycles. The Morgan fingerprint density at radius 3 is 2.24 bits per heavy atom. The quantitative estimate of drug-likeness (QED) is 0.189. The van der Waals surface area contributed by atoms with E-state index in [-0.39, 0.29) is 17.6 Å². The van der Waals surface area contributed by atoms with Crippen LogP contribution in [0.2, 0.25) is 0 Å². The number of nitriles is 2. The molecule has 0 heterocycles. The molecule has 2 aromatic rings. The van der Waals surface area contributed by atoms with E-state index < -0.39 is 11.8 Å². The van der Waals surface area contributed by atoms with Gasteiger partial charge in [0.15, 0.2) is 11.6 Å². The van der Waals surface area contributed by atoms with E-state index in [4.69, 9.17) is 4.74 Å². The number of esters is 1. The number of aryl methyl sites for hydroxylation is 2. The third-order valence-electron chi connectivity index (χ3n) is 8.99. The van der Waals surface area contributed by atoms with Crippen LogP contribution < -0.4 is 4.74 Å². The van der Waals surface area contributed by atoms with Crippen LogP contribution in [0.5, 0.6) is 5.75 Å². The third-order valence-corrected chi connectivity index (χ3v) is 8.99. The van der Waals surface area contributed by atoms with Gasteiger partial charge in [-0.15, -0.1) is 0 Å². The van der Waals surface area contributed by atoms with Gasteiger partial charge in [-0.3, -0.25) is 4.79 Å². The lowest BCUT2D eigenvalue weighted by Gasteiger charge is -2.54. The first-order valence-corrected chi connectivity index (χ1v) is 13.8. The summed E-state index contributed by atoms with van der Waals surface area (Å²) in [6, 6.07) is 13.4.